The maximum atomic E-state index is 11.8. The van der Waals surface area contributed by atoms with Crippen molar-refractivity contribution in [3.8, 4) is 0 Å². The summed E-state index contributed by atoms with van der Waals surface area (Å²) < 4.78 is 0. The lowest BCUT2D eigenvalue weighted by Crippen LogP contribution is -2.50. The van der Waals surface area contributed by atoms with Crippen molar-refractivity contribution in [2.45, 2.75) is 103 Å². The van der Waals surface area contributed by atoms with Gasteiger partial charge in [-0.2, -0.15) is 0 Å². The van der Waals surface area contributed by atoms with E-state index in [9.17, 15) is 9.59 Å². The summed E-state index contributed by atoms with van der Waals surface area (Å²) in [5, 5.41) is 3.94. The van der Waals surface area contributed by atoms with E-state index >= 15 is 0 Å². The average molecular weight is 517 g/mol. The molecule has 0 amide bonds. The summed E-state index contributed by atoms with van der Waals surface area (Å²) in [5.41, 5.74) is 6.08. The van der Waals surface area contributed by atoms with Crippen LogP contribution in [0.2, 0.25) is 0 Å². The Kier molecular flexibility index (Phi) is 9.95. The largest absolute Gasteiger partial charge is 0.307 e. The Morgan fingerprint density at radius 1 is 1.00 bits per heavy atom. The molecule has 0 aliphatic heterocycles. The van der Waals surface area contributed by atoms with Gasteiger partial charge in [-0.1, -0.05) is 49.4 Å². The zero-order valence-corrected chi connectivity index (χ0v) is 24.0. The molecule has 38 heavy (non-hydrogen) atoms. The Bertz CT molecular complexity index is 1040. The number of nitrogens with zero attached hydrogens (tertiary/aromatic N) is 1. The first-order chi connectivity index (χ1) is 18.3. The molecule has 0 radical (unpaired) electrons. The molecule has 0 spiro atoms. The predicted octanol–water partition coefficient (Wildman–Crippen LogP) is 6.78. The Hall–Kier alpha value is -2.30. The molecule has 0 aromatic heterocycles. The monoisotopic (exact) mass is 516 g/mol. The van der Waals surface area contributed by atoms with Crippen LogP contribution >= 0.6 is 0 Å². The van der Waals surface area contributed by atoms with Crippen LogP contribution in [-0.4, -0.2) is 36.1 Å². The summed E-state index contributed by atoms with van der Waals surface area (Å²) >= 11 is 0. The lowest BCUT2D eigenvalue weighted by molar-refractivity contribution is -0.108. The van der Waals surface area contributed by atoms with Crippen molar-refractivity contribution in [1.29, 1.82) is 0 Å². The van der Waals surface area contributed by atoms with Crippen molar-refractivity contribution in [1.82, 2.24) is 10.2 Å². The molecule has 2 aromatic rings. The van der Waals surface area contributed by atoms with Gasteiger partial charge in [0.2, 0.25) is 0 Å². The van der Waals surface area contributed by atoms with Crippen LogP contribution in [0.1, 0.15) is 98.3 Å². The maximum absolute atomic E-state index is 11.8. The smallest absolute Gasteiger partial charge is 0.150 e. The van der Waals surface area contributed by atoms with Gasteiger partial charge in [0.25, 0.3) is 0 Å². The van der Waals surface area contributed by atoms with Gasteiger partial charge in [-0.3, -0.25) is 9.69 Å². The number of carbonyl (C=O) groups is 2. The second-order valence-corrected chi connectivity index (χ2v) is 12.8. The minimum atomic E-state index is 0.268. The fraction of sp³-hybridized carbons (Fsp3) is 0.588. The minimum absolute atomic E-state index is 0.268. The highest BCUT2D eigenvalue weighted by Gasteiger charge is 2.40. The molecule has 0 saturated heterocycles. The van der Waals surface area contributed by atoms with Gasteiger partial charge in [-0.05, 0) is 112 Å². The van der Waals surface area contributed by atoms with Crippen molar-refractivity contribution in [2.24, 2.45) is 17.8 Å². The van der Waals surface area contributed by atoms with Gasteiger partial charge in [-0.15, -0.1) is 0 Å². The molecule has 4 nitrogen and oxygen atoms in total. The van der Waals surface area contributed by atoms with Gasteiger partial charge in [0.05, 0.1) is 0 Å². The number of benzene rings is 2. The second kappa shape index (κ2) is 13.2. The molecule has 2 aromatic carbocycles. The van der Waals surface area contributed by atoms with Gasteiger partial charge >= 0.3 is 0 Å². The van der Waals surface area contributed by atoms with Crippen molar-refractivity contribution in [3.05, 3.63) is 70.3 Å². The highest BCUT2D eigenvalue weighted by Crippen LogP contribution is 2.46. The molecular weight excluding hydrogens is 468 g/mol. The van der Waals surface area contributed by atoms with E-state index in [1.807, 2.05) is 12.1 Å². The zero-order chi connectivity index (χ0) is 27.1. The number of aryl methyl sites for hydroxylation is 2. The third-order valence-electron chi connectivity index (χ3n) is 9.34. The molecule has 2 bridgehead atoms. The van der Waals surface area contributed by atoms with Crippen molar-refractivity contribution < 1.29 is 9.59 Å². The van der Waals surface area contributed by atoms with E-state index in [2.05, 4.69) is 68.4 Å². The van der Waals surface area contributed by atoms with Crippen molar-refractivity contribution >= 4 is 12.6 Å². The normalized spacial score (nSPS) is 25.8. The molecule has 2 saturated carbocycles. The van der Waals surface area contributed by atoms with E-state index in [0.717, 1.165) is 67.3 Å². The number of nitrogens with one attached hydrogen (secondary N) is 1. The topological polar surface area (TPSA) is 49.4 Å². The summed E-state index contributed by atoms with van der Waals surface area (Å²) in [6.07, 6.45) is 12.1. The standard InChI is InChI=1S/C34H48N2O2/c1-25-17-29-19-30(18-25)21-34(3,20-29)35-22-28-12-10-27(11-13-28)14-15-31-8-5-9-32(24-38)33(31)23-36(4)26(2)7-6-16-37/h5,8-13,16,24-26,29-30,35H,6-7,14-15,17-23H2,1-4H3. The van der Waals surface area contributed by atoms with Crippen LogP contribution in [0.5, 0.6) is 0 Å². The molecule has 3 atom stereocenters. The van der Waals surface area contributed by atoms with Crippen LogP contribution in [-0.2, 0) is 30.7 Å². The fourth-order valence-corrected chi connectivity index (χ4v) is 7.28. The predicted molar refractivity (Wildman–Crippen MR) is 156 cm³/mol. The van der Waals surface area contributed by atoms with E-state index in [4.69, 9.17) is 0 Å². The first kappa shape index (κ1) is 28.7. The summed E-state index contributed by atoms with van der Waals surface area (Å²) in [4.78, 5) is 24.8. The second-order valence-electron chi connectivity index (χ2n) is 12.8. The van der Waals surface area contributed by atoms with E-state index in [1.165, 1.54) is 48.8 Å². The van der Waals surface area contributed by atoms with E-state index in [-0.39, 0.29) is 11.6 Å². The molecule has 2 aliphatic rings. The Morgan fingerprint density at radius 2 is 1.68 bits per heavy atom. The third kappa shape index (κ3) is 7.64. The summed E-state index contributed by atoms with van der Waals surface area (Å²) in [6.45, 7) is 8.68. The molecule has 1 N–H and O–H groups in total. The van der Waals surface area contributed by atoms with Crippen LogP contribution in [0, 0.1) is 17.8 Å². The molecule has 3 unspecified atom stereocenters. The van der Waals surface area contributed by atoms with Gasteiger partial charge in [0.15, 0.2) is 0 Å². The molecule has 2 fully saturated rings. The van der Waals surface area contributed by atoms with Crippen LogP contribution in [0.4, 0.5) is 0 Å². The Balaban J connectivity index is 1.33. The van der Waals surface area contributed by atoms with E-state index in [1.54, 1.807) is 0 Å². The number of carbonyl (C=O) groups excluding carboxylic acids is 2. The maximum Gasteiger partial charge on any atom is 0.150 e. The van der Waals surface area contributed by atoms with E-state index in [0.29, 0.717) is 13.0 Å². The lowest BCUT2D eigenvalue weighted by Gasteiger charge is -2.47. The molecule has 0 heterocycles. The van der Waals surface area contributed by atoms with E-state index < -0.39 is 0 Å². The molecule has 4 rings (SSSR count). The van der Waals surface area contributed by atoms with Crippen LogP contribution in [0.3, 0.4) is 0 Å². The number of fused-ring (bicyclic) bond motifs is 2. The molecule has 2 aliphatic carbocycles. The summed E-state index contributed by atoms with van der Waals surface area (Å²) in [6, 6.07) is 15.5. The van der Waals surface area contributed by atoms with Gasteiger partial charge < -0.3 is 10.1 Å². The first-order valence-electron chi connectivity index (χ1n) is 14.8. The lowest BCUT2D eigenvalue weighted by atomic mass is 9.62. The number of rotatable bonds is 13. The highest BCUT2D eigenvalue weighted by atomic mass is 16.1. The third-order valence-corrected chi connectivity index (χ3v) is 9.34. The Morgan fingerprint density at radius 3 is 2.34 bits per heavy atom. The number of hydrogen-bond acceptors (Lipinski definition) is 4. The van der Waals surface area contributed by atoms with Crippen molar-refractivity contribution in [3.63, 3.8) is 0 Å². The summed E-state index contributed by atoms with van der Waals surface area (Å²) in [5.74, 6) is 2.71. The van der Waals surface area contributed by atoms with Crippen LogP contribution < -0.4 is 5.32 Å². The average Bonchev–Trinajstić information content (AvgIpc) is 2.89. The van der Waals surface area contributed by atoms with Crippen LogP contribution in [0.15, 0.2) is 42.5 Å². The van der Waals surface area contributed by atoms with Crippen LogP contribution in [0.25, 0.3) is 0 Å². The first-order valence-corrected chi connectivity index (χ1v) is 14.8. The number of aldehydes is 2. The fourth-order valence-electron chi connectivity index (χ4n) is 7.28. The number of hydrogen-bond donors (Lipinski definition) is 1. The van der Waals surface area contributed by atoms with Crippen molar-refractivity contribution in [2.75, 3.05) is 7.05 Å². The quantitative estimate of drug-likeness (QED) is 0.298. The summed E-state index contributed by atoms with van der Waals surface area (Å²) in [7, 11) is 2.08. The minimum Gasteiger partial charge on any atom is -0.307 e. The highest BCUT2D eigenvalue weighted by molar-refractivity contribution is 5.78. The molecule has 4 heteroatoms. The van der Waals surface area contributed by atoms with Gasteiger partial charge in [-0.25, -0.2) is 0 Å². The van der Waals surface area contributed by atoms with Gasteiger partial charge in [0, 0.05) is 36.7 Å². The zero-order valence-electron chi connectivity index (χ0n) is 24.0. The molecular formula is C34H48N2O2. The molecule has 206 valence electrons. The van der Waals surface area contributed by atoms with Gasteiger partial charge in [0.1, 0.15) is 12.6 Å². The SMILES string of the molecule is CC1CC2CC(C1)CC(C)(NCc1ccc(CCc3cccc(C=O)c3CN(C)C(C)CCC=O)cc1)C2. The Labute approximate surface area is 230 Å².